The zero-order valence-corrected chi connectivity index (χ0v) is 11.3. The van der Waals surface area contributed by atoms with Crippen molar-refractivity contribution >= 4 is 23.2 Å². The first-order valence-corrected chi connectivity index (χ1v) is 6.75. The molecule has 0 unspecified atom stereocenters. The number of carbonyl (C=O) groups excluding carboxylic acids is 1. The summed E-state index contributed by atoms with van der Waals surface area (Å²) < 4.78 is 0. The van der Waals surface area contributed by atoms with Gasteiger partial charge < -0.3 is 11.1 Å². The maximum absolute atomic E-state index is 12.0. The van der Waals surface area contributed by atoms with Crippen LogP contribution in [0.3, 0.4) is 0 Å². The molecular formula is C14H19ClN2O. The number of rotatable bonds is 3. The van der Waals surface area contributed by atoms with Gasteiger partial charge in [-0.15, -0.1) is 0 Å². The van der Waals surface area contributed by atoms with Gasteiger partial charge in [0, 0.05) is 23.2 Å². The van der Waals surface area contributed by atoms with Gasteiger partial charge in [0.25, 0.3) is 0 Å². The van der Waals surface area contributed by atoms with E-state index < -0.39 is 0 Å². The van der Waals surface area contributed by atoms with E-state index in [2.05, 4.69) is 5.32 Å². The van der Waals surface area contributed by atoms with Gasteiger partial charge in [-0.1, -0.05) is 18.0 Å². The van der Waals surface area contributed by atoms with Crippen molar-refractivity contribution in [3.63, 3.8) is 0 Å². The molecule has 1 amide bonds. The second-order valence-corrected chi connectivity index (χ2v) is 5.50. The van der Waals surface area contributed by atoms with Crippen molar-refractivity contribution < 1.29 is 4.79 Å². The second kappa shape index (κ2) is 5.72. The van der Waals surface area contributed by atoms with Crippen molar-refractivity contribution in [1.82, 2.24) is 0 Å². The molecule has 1 saturated carbocycles. The van der Waals surface area contributed by atoms with Crippen molar-refractivity contribution in [2.45, 2.75) is 38.6 Å². The molecule has 1 aromatic rings. The highest BCUT2D eigenvalue weighted by atomic mass is 35.5. The van der Waals surface area contributed by atoms with Gasteiger partial charge in [0.1, 0.15) is 0 Å². The molecule has 1 aliphatic carbocycles. The summed E-state index contributed by atoms with van der Waals surface area (Å²) in [6, 6.07) is 5.65. The highest BCUT2D eigenvalue weighted by molar-refractivity contribution is 6.30. The number of hydrogen-bond acceptors (Lipinski definition) is 2. The van der Waals surface area contributed by atoms with E-state index in [9.17, 15) is 4.79 Å². The van der Waals surface area contributed by atoms with Gasteiger partial charge in [0.15, 0.2) is 0 Å². The first kappa shape index (κ1) is 13.4. The van der Waals surface area contributed by atoms with Gasteiger partial charge in [-0.05, 0) is 49.4 Å². The first-order chi connectivity index (χ1) is 8.56. The van der Waals surface area contributed by atoms with Crippen LogP contribution in [0, 0.1) is 12.8 Å². The maximum atomic E-state index is 12.0. The minimum atomic E-state index is 0.0442. The molecule has 4 heteroatoms. The molecule has 3 N–H and O–H groups in total. The Hall–Kier alpha value is -1.06. The summed E-state index contributed by atoms with van der Waals surface area (Å²) in [5.41, 5.74) is 7.78. The fourth-order valence-corrected chi connectivity index (χ4v) is 2.75. The summed E-state index contributed by atoms with van der Waals surface area (Å²) in [6.07, 6.45) is 3.76. The molecule has 2 atom stereocenters. The number of aryl methyl sites for hydroxylation is 1. The average molecular weight is 267 g/mol. The van der Waals surface area contributed by atoms with Gasteiger partial charge in [-0.3, -0.25) is 4.79 Å². The molecule has 2 rings (SSSR count). The summed E-state index contributed by atoms with van der Waals surface area (Å²) in [7, 11) is 0. The Morgan fingerprint density at radius 3 is 2.89 bits per heavy atom. The van der Waals surface area contributed by atoms with Crippen molar-refractivity contribution in [2.24, 2.45) is 11.7 Å². The van der Waals surface area contributed by atoms with Gasteiger partial charge in [-0.25, -0.2) is 0 Å². The molecule has 1 aliphatic rings. The van der Waals surface area contributed by atoms with Gasteiger partial charge >= 0.3 is 0 Å². The van der Waals surface area contributed by atoms with E-state index >= 15 is 0 Å². The fraction of sp³-hybridized carbons (Fsp3) is 0.500. The summed E-state index contributed by atoms with van der Waals surface area (Å²) in [5.74, 6) is 0.375. The molecule has 0 heterocycles. The largest absolute Gasteiger partial charge is 0.327 e. The SMILES string of the molecule is Cc1cc(Cl)ccc1NC(=O)C[C@@H]1CCC[C@H]1N. The van der Waals surface area contributed by atoms with E-state index in [1.165, 1.54) is 0 Å². The van der Waals surface area contributed by atoms with Crippen LogP contribution in [0.4, 0.5) is 5.69 Å². The Labute approximate surface area is 113 Å². The molecule has 1 aromatic carbocycles. The number of halogens is 1. The molecular weight excluding hydrogens is 248 g/mol. The maximum Gasteiger partial charge on any atom is 0.224 e. The molecule has 0 bridgehead atoms. The number of nitrogens with one attached hydrogen (secondary N) is 1. The number of anilines is 1. The van der Waals surface area contributed by atoms with Crippen LogP contribution >= 0.6 is 11.6 Å². The summed E-state index contributed by atoms with van der Waals surface area (Å²) in [5, 5.41) is 3.62. The van der Waals surface area contributed by atoms with Crippen LogP contribution in [0.2, 0.25) is 5.02 Å². The Bertz CT molecular complexity index is 447. The Morgan fingerprint density at radius 1 is 1.50 bits per heavy atom. The Balaban J connectivity index is 1.94. The lowest BCUT2D eigenvalue weighted by Crippen LogP contribution is -2.28. The third-order valence-electron chi connectivity index (χ3n) is 3.63. The lowest BCUT2D eigenvalue weighted by atomic mass is 10.00. The molecule has 0 aromatic heterocycles. The third kappa shape index (κ3) is 3.24. The number of amides is 1. The lowest BCUT2D eigenvalue weighted by molar-refractivity contribution is -0.117. The minimum absolute atomic E-state index is 0.0442. The summed E-state index contributed by atoms with van der Waals surface area (Å²) >= 11 is 5.88. The van der Waals surface area contributed by atoms with Crippen LogP contribution in [0.1, 0.15) is 31.2 Å². The van der Waals surface area contributed by atoms with E-state index in [0.29, 0.717) is 17.4 Å². The third-order valence-corrected chi connectivity index (χ3v) is 3.86. The lowest BCUT2D eigenvalue weighted by Gasteiger charge is -2.15. The van der Waals surface area contributed by atoms with E-state index in [1.807, 2.05) is 19.1 Å². The van der Waals surface area contributed by atoms with Gasteiger partial charge in [-0.2, -0.15) is 0 Å². The highest BCUT2D eigenvalue weighted by Gasteiger charge is 2.26. The molecule has 98 valence electrons. The zero-order chi connectivity index (χ0) is 13.1. The van der Waals surface area contributed by atoms with Gasteiger partial charge in [0.2, 0.25) is 5.91 Å². The predicted molar refractivity (Wildman–Crippen MR) is 74.8 cm³/mol. The van der Waals surface area contributed by atoms with Crippen LogP contribution in [-0.2, 0) is 4.79 Å². The number of hydrogen-bond donors (Lipinski definition) is 2. The van der Waals surface area contributed by atoms with Crippen molar-refractivity contribution in [3.05, 3.63) is 28.8 Å². The zero-order valence-electron chi connectivity index (χ0n) is 10.6. The number of benzene rings is 1. The van der Waals surface area contributed by atoms with Crippen LogP contribution in [0.25, 0.3) is 0 Å². The fourth-order valence-electron chi connectivity index (χ4n) is 2.53. The monoisotopic (exact) mass is 266 g/mol. The topological polar surface area (TPSA) is 55.1 Å². The van der Waals surface area contributed by atoms with Crippen LogP contribution < -0.4 is 11.1 Å². The molecule has 0 saturated heterocycles. The van der Waals surface area contributed by atoms with Crippen molar-refractivity contribution in [1.29, 1.82) is 0 Å². The van der Waals surface area contributed by atoms with E-state index in [-0.39, 0.29) is 11.9 Å². The standard InChI is InChI=1S/C14H19ClN2O/c1-9-7-11(15)5-6-13(9)17-14(18)8-10-3-2-4-12(10)16/h5-7,10,12H,2-4,8,16H2,1H3,(H,17,18)/t10-,12+/m0/s1. The smallest absolute Gasteiger partial charge is 0.224 e. The van der Waals surface area contributed by atoms with Crippen molar-refractivity contribution in [2.75, 3.05) is 5.32 Å². The molecule has 18 heavy (non-hydrogen) atoms. The van der Waals surface area contributed by atoms with Crippen LogP contribution in [0.15, 0.2) is 18.2 Å². The Morgan fingerprint density at radius 2 is 2.28 bits per heavy atom. The van der Waals surface area contributed by atoms with Crippen molar-refractivity contribution in [3.8, 4) is 0 Å². The number of carbonyl (C=O) groups is 1. The quantitative estimate of drug-likeness (QED) is 0.883. The van der Waals surface area contributed by atoms with Crippen LogP contribution in [-0.4, -0.2) is 11.9 Å². The summed E-state index contributed by atoms with van der Waals surface area (Å²) in [4.78, 5) is 12.0. The molecule has 3 nitrogen and oxygen atoms in total. The predicted octanol–water partition coefficient (Wildman–Crippen LogP) is 3.10. The minimum Gasteiger partial charge on any atom is -0.327 e. The molecule has 0 aliphatic heterocycles. The van der Waals surface area contributed by atoms with E-state index in [0.717, 1.165) is 30.5 Å². The average Bonchev–Trinajstić information content (AvgIpc) is 2.69. The number of nitrogens with two attached hydrogens (primary N) is 1. The first-order valence-electron chi connectivity index (χ1n) is 6.38. The Kier molecular flexibility index (Phi) is 4.25. The molecule has 1 fully saturated rings. The van der Waals surface area contributed by atoms with Gasteiger partial charge in [0.05, 0.1) is 0 Å². The second-order valence-electron chi connectivity index (χ2n) is 5.07. The summed E-state index contributed by atoms with van der Waals surface area (Å²) in [6.45, 7) is 1.93. The highest BCUT2D eigenvalue weighted by Crippen LogP contribution is 2.27. The van der Waals surface area contributed by atoms with E-state index in [4.69, 9.17) is 17.3 Å². The normalized spacial score (nSPS) is 23.1. The van der Waals surface area contributed by atoms with Crippen LogP contribution in [0.5, 0.6) is 0 Å². The molecule has 0 spiro atoms. The van der Waals surface area contributed by atoms with E-state index in [1.54, 1.807) is 6.07 Å². The molecule has 0 radical (unpaired) electrons.